The number of non-ortho nitro benzene ring substituents is 1. The van der Waals surface area contributed by atoms with Gasteiger partial charge in [0, 0.05) is 30.4 Å². The molecule has 18 heavy (non-hydrogen) atoms. The van der Waals surface area contributed by atoms with Crippen LogP contribution in [-0.2, 0) is 6.18 Å². The number of nitrogens with zero attached hydrogens (tertiary/aromatic N) is 1. The van der Waals surface area contributed by atoms with Crippen molar-refractivity contribution < 1.29 is 18.1 Å². The van der Waals surface area contributed by atoms with Crippen LogP contribution in [0, 0.1) is 10.1 Å². The molecule has 1 rings (SSSR count). The van der Waals surface area contributed by atoms with Gasteiger partial charge in [-0.1, -0.05) is 0 Å². The van der Waals surface area contributed by atoms with Gasteiger partial charge in [-0.05, 0) is 13.0 Å². The first kappa shape index (κ1) is 14.2. The van der Waals surface area contributed by atoms with Crippen molar-refractivity contribution in [2.75, 3.05) is 11.9 Å². The van der Waals surface area contributed by atoms with E-state index in [1.54, 1.807) is 6.92 Å². The SMILES string of the molecule is CC(CN)Nc1ccc([N+](=O)[O-])cc1C(F)(F)F. The molecule has 3 N–H and O–H groups in total. The molecule has 0 saturated heterocycles. The molecular weight excluding hydrogens is 251 g/mol. The number of alkyl halides is 3. The molecule has 0 heterocycles. The summed E-state index contributed by atoms with van der Waals surface area (Å²) in [4.78, 5) is 9.60. The zero-order chi connectivity index (χ0) is 13.9. The van der Waals surface area contributed by atoms with Gasteiger partial charge in [-0.25, -0.2) is 0 Å². The van der Waals surface area contributed by atoms with E-state index in [1.807, 2.05) is 0 Å². The maximum absolute atomic E-state index is 12.8. The minimum atomic E-state index is -4.66. The minimum Gasteiger partial charge on any atom is -0.381 e. The summed E-state index contributed by atoms with van der Waals surface area (Å²) in [7, 11) is 0. The molecule has 0 amide bonds. The van der Waals surface area contributed by atoms with E-state index in [0.29, 0.717) is 6.07 Å². The van der Waals surface area contributed by atoms with E-state index in [0.717, 1.165) is 12.1 Å². The number of nitro groups is 1. The lowest BCUT2D eigenvalue weighted by atomic mass is 10.1. The lowest BCUT2D eigenvalue weighted by Crippen LogP contribution is -2.26. The second-order valence-corrected chi connectivity index (χ2v) is 3.77. The van der Waals surface area contributed by atoms with Gasteiger partial charge in [-0.2, -0.15) is 13.2 Å². The summed E-state index contributed by atoms with van der Waals surface area (Å²) in [6.45, 7) is 1.76. The van der Waals surface area contributed by atoms with E-state index in [-0.39, 0.29) is 18.3 Å². The maximum Gasteiger partial charge on any atom is 0.418 e. The quantitative estimate of drug-likeness (QED) is 0.645. The summed E-state index contributed by atoms with van der Waals surface area (Å²) in [5.41, 5.74) is 3.41. The van der Waals surface area contributed by atoms with Crippen molar-refractivity contribution in [2.24, 2.45) is 5.73 Å². The predicted octanol–water partition coefficient (Wildman–Crippen LogP) is 2.37. The molecule has 0 aliphatic carbocycles. The fraction of sp³-hybridized carbons (Fsp3) is 0.400. The molecule has 0 radical (unpaired) electrons. The van der Waals surface area contributed by atoms with Crippen molar-refractivity contribution in [3.63, 3.8) is 0 Å². The summed E-state index contributed by atoms with van der Waals surface area (Å²) in [5.74, 6) is 0. The molecule has 0 spiro atoms. The van der Waals surface area contributed by atoms with Gasteiger partial charge in [0.15, 0.2) is 0 Å². The largest absolute Gasteiger partial charge is 0.418 e. The van der Waals surface area contributed by atoms with Gasteiger partial charge in [-0.15, -0.1) is 0 Å². The van der Waals surface area contributed by atoms with Crippen molar-refractivity contribution in [1.82, 2.24) is 0 Å². The Bertz CT molecular complexity index is 448. The molecule has 0 aliphatic heterocycles. The van der Waals surface area contributed by atoms with Crippen molar-refractivity contribution in [2.45, 2.75) is 19.1 Å². The third-order valence-electron chi connectivity index (χ3n) is 2.27. The van der Waals surface area contributed by atoms with E-state index >= 15 is 0 Å². The van der Waals surface area contributed by atoms with E-state index < -0.39 is 22.4 Å². The molecule has 1 atom stereocenters. The summed E-state index contributed by atoms with van der Waals surface area (Å²) in [6.07, 6.45) is -4.66. The summed E-state index contributed by atoms with van der Waals surface area (Å²) >= 11 is 0. The molecule has 0 bridgehead atoms. The van der Waals surface area contributed by atoms with Crippen molar-refractivity contribution in [3.8, 4) is 0 Å². The number of hydrogen-bond acceptors (Lipinski definition) is 4. The van der Waals surface area contributed by atoms with Gasteiger partial charge >= 0.3 is 6.18 Å². The molecule has 0 aliphatic rings. The molecule has 0 aromatic heterocycles. The molecule has 1 unspecified atom stereocenters. The van der Waals surface area contributed by atoms with Crippen LogP contribution in [0.25, 0.3) is 0 Å². The second-order valence-electron chi connectivity index (χ2n) is 3.77. The van der Waals surface area contributed by atoms with Gasteiger partial charge < -0.3 is 11.1 Å². The highest BCUT2D eigenvalue weighted by Crippen LogP contribution is 2.37. The van der Waals surface area contributed by atoms with Crippen LogP contribution in [0.15, 0.2) is 18.2 Å². The highest BCUT2D eigenvalue weighted by atomic mass is 19.4. The van der Waals surface area contributed by atoms with Crippen molar-refractivity contribution >= 4 is 11.4 Å². The number of hydrogen-bond donors (Lipinski definition) is 2. The van der Waals surface area contributed by atoms with E-state index in [4.69, 9.17) is 5.73 Å². The van der Waals surface area contributed by atoms with Gasteiger partial charge in [-0.3, -0.25) is 10.1 Å². The number of benzene rings is 1. The first-order valence-corrected chi connectivity index (χ1v) is 5.08. The van der Waals surface area contributed by atoms with E-state index in [9.17, 15) is 23.3 Å². The average molecular weight is 263 g/mol. The summed E-state index contributed by atoms with van der Waals surface area (Å²) in [6, 6.07) is 2.19. The van der Waals surface area contributed by atoms with Crippen molar-refractivity contribution in [1.29, 1.82) is 0 Å². The van der Waals surface area contributed by atoms with Crippen LogP contribution in [0.1, 0.15) is 12.5 Å². The van der Waals surface area contributed by atoms with E-state index in [2.05, 4.69) is 5.32 Å². The topological polar surface area (TPSA) is 81.2 Å². The first-order chi connectivity index (χ1) is 8.25. The Hall–Kier alpha value is -1.83. The Morgan fingerprint density at radius 2 is 2.11 bits per heavy atom. The van der Waals surface area contributed by atoms with Gasteiger partial charge in [0.25, 0.3) is 5.69 Å². The van der Waals surface area contributed by atoms with Crippen LogP contribution in [-0.4, -0.2) is 17.5 Å². The number of nitrogens with two attached hydrogens (primary N) is 1. The Labute approximate surface area is 101 Å². The van der Waals surface area contributed by atoms with Crippen LogP contribution in [0.3, 0.4) is 0 Å². The third-order valence-corrected chi connectivity index (χ3v) is 2.27. The second kappa shape index (κ2) is 5.21. The minimum absolute atomic E-state index is 0.147. The molecule has 100 valence electrons. The Balaban J connectivity index is 3.21. The zero-order valence-electron chi connectivity index (χ0n) is 9.49. The Morgan fingerprint density at radius 3 is 2.56 bits per heavy atom. The van der Waals surface area contributed by atoms with Crippen molar-refractivity contribution in [3.05, 3.63) is 33.9 Å². The van der Waals surface area contributed by atoms with Gasteiger partial charge in [0.1, 0.15) is 0 Å². The molecule has 0 saturated carbocycles. The van der Waals surface area contributed by atoms with E-state index in [1.165, 1.54) is 0 Å². The average Bonchev–Trinajstić information content (AvgIpc) is 2.27. The maximum atomic E-state index is 12.8. The number of nitro benzene ring substituents is 1. The standard InChI is InChI=1S/C10H12F3N3O2/c1-6(5-14)15-9-3-2-7(16(17)18)4-8(9)10(11,12)13/h2-4,6,15H,5,14H2,1H3. The molecule has 1 aromatic carbocycles. The predicted molar refractivity (Wildman–Crippen MR) is 60.2 cm³/mol. The smallest absolute Gasteiger partial charge is 0.381 e. The number of anilines is 1. The van der Waals surface area contributed by atoms with Crippen LogP contribution in [0.5, 0.6) is 0 Å². The summed E-state index contributed by atoms with van der Waals surface area (Å²) in [5, 5.41) is 13.0. The van der Waals surface area contributed by atoms with Crippen LogP contribution >= 0.6 is 0 Å². The fourth-order valence-corrected chi connectivity index (χ4v) is 1.33. The Kier molecular flexibility index (Phi) is 4.12. The molecular formula is C10H12F3N3O2. The molecule has 8 heteroatoms. The van der Waals surface area contributed by atoms with Crippen LogP contribution in [0.2, 0.25) is 0 Å². The van der Waals surface area contributed by atoms with Crippen LogP contribution in [0.4, 0.5) is 24.5 Å². The van der Waals surface area contributed by atoms with Gasteiger partial charge in [0.2, 0.25) is 0 Å². The molecule has 0 fully saturated rings. The number of rotatable bonds is 4. The summed E-state index contributed by atoms with van der Waals surface area (Å²) < 4.78 is 38.3. The fourth-order valence-electron chi connectivity index (χ4n) is 1.33. The zero-order valence-corrected chi connectivity index (χ0v) is 9.49. The number of nitrogens with one attached hydrogen (secondary N) is 1. The van der Waals surface area contributed by atoms with Gasteiger partial charge in [0.05, 0.1) is 10.5 Å². The highest BCUT2D eigenvalue weighted by Gasteiger charge is 2.35. The normalized spacial score (nSPS) is 13.2. The Morgan fingerprint density at radius 1 is 1.50 bits per heavy atom. The highest BCUT2D eigenvalue weighted by molar-refractivity contribution is 5.57. The first-order valence-electron chi connectivity index (χ1n) is 5.08. The molecule has 1 aromatic rings. The molecule has 5 nitrogen and oxygen atoms in total. The lowest BCUT2D eigenvalue weighted by Gasteiger charge is -2.17. The lowest BCUT2D eigenvalue weighted by molar-refractivity contribution is -0.385. The third kappa shape index (κ3) is 3.33. The van der Waals surface area contributed by atoms with Crippen LogP contribution < -0.4 is 11.1 Å². The number of halogens is 3. The monoisotopic (exact) mass is 263 g/mol.